The van der Waals surface area contributed by atoms with E-state index in [9.17, 15) is 0 Å². The smallest absolute Gasteiger partial charge is 0.146 e. The van der Waals surface area contributed by atoms with Gasteiger partial charge in [0.25, 0.3) is 0 Å². The molecule has 4 nitrogen and oxygen atoms in total. The van der Waals surface area contributed by atoms with E-state index in [0.717, 1.165) is 31.6 Å². The Bertz CT molecular complexity index is 461. The zero-order chi connectivity index (χ0) is 15.2. The summed E-state index contributed by atoms with van der Waals surface area (Å²) >= 11 is 6.38. The van der Waals surface area contributed by atoms with Crippen molar-refractivity contribution in [1.29, 1.82) is 0 Å². The molecule has 2 atom stereocenters. The highest BCUT2D eigenvalue weighted by molar-refractivity contribution is 6.33. The third-order valence-electron chi connectivity index (χ3n) is 3.86. The summed E-state index contributed by atoms with van der Waals surface area (Å²) in [5.41, 5.74) is 1.03. The summed E-state index contributed by atoms with van der Waals surface area (Å²) in [6, 6.07) is 3.97. The molecule has 0 aromatic heterocycles. The lowest BCUT2D eigenvalue weighted by Gasteiger charge is -2.32. The van der Waals surface area contributed by atoms with Crippen LogP contribution in [0.2, 0.25) is 5.02 Å². The Balaban J connectivity index is 2.36. The Morgan fingerprint density at radius 2 is 2.14 bits per heavy atom. The lowest BCUT2D eigenvalue weighted by Crippen LogP contribution is -2.36. The Morgan fingerprint density at radius 1 is 1.33 bits per heavy atom. The molecule has 1 fully saturated rings. The Morgan fingerprint density at radius 3 is 2.71 bits per heavy atom. The molecule has 21 heavy (non-hydrogen) atoms. The van der Waals surface area contributed by atoms with Crippen molar-refractivity contribution in [3.8, 4) is 11.5 Å². The monoisotopic (exact) mass is 313 g/mol. The van der Waals surface area contributed by atoms with Crippen molar-refractivity contribution < 1.29 is 14.2 Å². The molecular formula is C16H24ClNO3. The molecule has 5 heteroatoms. The van der Waals surface area contributed by atoms with E-state index in [1.807, 2.05) is 12.1 Å². The van der Waals surface area contributed by atoms with Gasteiger partial charge in [-0.3, -0.25) is 0 Å². The van der Waals surface area contributed by atoms with Crippen LogP contribution in [0.4, 0.5) is 0 Å². The quantitative estimate of drug-likeness (QED) is 0.871. The Labute approximate surface area is 131 Å². The zero-order valence-corrected chi connectivity index (χ0v) is 13.7. The average Bonchev–Trinajstić information content (AvgIpc) is 2.53. The first-order chi connectivity index (χ1) is 10.2. The van der Waals surface area contributed by atoms with Crippen LogP contribution in [0.1, 0.15) is 37.8 Å². The van der Waals surface area contributed by atoms with E-state index in [-0.39, 0.29) is 12.1 Å². The highest BCUT2D eigenvalue weighted by atomic mass is 35.5. The summed E-state index contributed by atoms with van der Waals surface area (Å²) in [5.74, 6) is 1.29. The van der Waals surface area contributed by atoms with Crippen LogP contribution in [0.15, 0.2) is 12.1 Å². The van der Waals surface area contributed by atoms with Gasteiger partial charge < -0.3 is 19.5 Å². The van der Waals surface area contributed by atoms with E-state index < -0.39 is 0 Å². The van der Waals surface area contributed by atoms with E-state index in [2.05, 4.69) is 12.2 Å². The van der Waals surface area contributed by atoms with Crippen LogP contribution in [0.3, 0.4) is 0 Å². The van der Waals surface area contributed by atoms with E-state index >= 15 is 0 Å². The fourth-order valence-electron chi connectivity index (χ4n) is 2.85. The molecule has 0 saturated carbocycles. The molecule has 1 saturated heterocycles. The number of ether oxygens (including phenoxy) is 3. The van der Waals surface area contributed by atoms with Crippen LogP contribution in [0.5, 0.6) is 11.5 Å². The molecule has 1 aliphatic rings. The van der Waals surface area contributed by atoms with Gasteiger partial charge in [0.1, 0.15) is 16.5 Å². The van der Waals surface area contributed by atoms with Gasteiger partial charge in [-0.15, -0.1) is 0 Å². The third kappa shape index (κ3) is 3.62. The Hall–Kier alpha value is -0.970. The second-order valence-corrected chi connectivity index (χ2v) is 5.52. The largest absolute Gasteiger partial charge is 0.495 e. The Kier molecular flexibility index (Phi) is 6.15. The van der Waals surface area contributed by atoms with Crippen LogP contribution in [-0.2, 0) is 4.74 Å². The molecule has 0 radical (unpaired) electrons. The van der Waals surface area contributed by atoms with Crippen molar-refractivity contribution in [2.75, 3.05) is 27.4 Å². The van der Waals surface area contributed by atoms with Crippen LogP contribution in [0.25, 0.3) is 0 Å². The summed E-state index contributed by atoms with van der Waals surface area (Å²) in [5, 5.41) is 4.01. The number of hydrogen-bond donors (Lipinski definition) is 1. The van der Waals surface area contributed by atoms with E-state index in [4.69, 9.17) is 25.8 Å². The topological polar surface area (TPSA) is 39.7 Å². The molecular weight excluding hydrogens is 290 g/mol. The molecule has 2 rings (SSSR count). The number of likely N-dealkylation sites (N-methyl/N-ethyl adjacent to an activating group) is 1. The minimum absolute atomic E-state index is 0.0775. The number of hydrogen-bond acceptors (Lipinski definition) is 4. The van der Waals surface area contributed by atoms with Gasteiger partial charge in [-0.1, -0.05) is 18.5 Å². The van der Waals surface area contributed by atoms with Gasteiger partial charge >= 0.3 is 0 Å². The normalized spacial score (nSPS) is 20.1. The van der Waals surface area contributed by atoms with Crippen molar-refractivity contribution >= 4 is 11.6 Å². The first-order valence-electron chi connectivity index (χ1n) is 7.48. The first-order valence-corrected chi connectivity index (χ1v) is 7.86. The summed E-state index contributed by atoms with van der Waals surface area (Å²) < 4.78 is 16.7. The molecule has 0 aliphatic carbocycles. The number of halogens is 1. The number of nitrogens with one attached hydrogen (secondary N) is 1. The van der Waals surface area contributed by atoms with Gasteiger partial charge in [-0.25, -0.2) is 0 Å². The first kappa shape index (κ1) is 16.4. The average molecular weight is 314 g/mol. The van der Waals surface area contributed by atoms with Crippen molar-refractivity contribution in [2.24, 2.45) is 0 Å². The van der Waals surface area contributed by atoms with E-state index in [1.165, 1.54) is 6.42 Å². The van der Waals surface area contributed by atoms with Gasteiger partial charge in [0.15, 0.2) is 0 Å². The van der Waals surface area contributed by atoms with Gasteiger partial charge in [0.05, 0.1) is 26.4 Å². The molecule has 1 aromatic carbocycles. The molecule has 1 heterocycles. The maximum atomic E-state index is 6.38. The van der Waals surface area contributed by atoms with Crippen molar-refractivity contribution in [1.82, 2.24) is 5.32 Å². The number of methoxy groups -OCH3 is 2. The summed E-state index contributed by atoms with van der Waals surface area (Å²) in [6.07, 6.45) is 3.52. The summed E-state index contributed by atoms with van der Waals surface area (Å²) in [4.78, 5) is 0. The second kappa shape index (κ2) is 7.87. The highest BCUT2D eigenvalue weighted by Crippen LogP contribution is 2.41. The lowest BCUT2D eigenvalue weighted by atomic mass is 9.94. The minimum Gasteiger partial charge on any atom is -0.495 e. The molecule has 0 spiro atoms. The van der Waals surface area contributed by atoms with Crippen molar-refractivity contribution in [3.05, 3.63) is 22.7 Å². The maximum absolute atomic E-state index is 6.38. The van der Waals surface area contributed by atoms with Crippen LogP contribution in [-0.4, -0.2) is 33.5 Å². The molecule has 1 aromatic rings. The molecule has 2 unspecified atom stereocenters. The summed E-state index contributed by atoms with van der Waals surface area (Å²) in [7, 11) is 3.24. The highest BCUT2D eigenvalue weighted by Gasteiger charge is 2.29. The third-order valence-corrected chi connectivity index (χ3v) is 4.22. The molecule has 0 bridgehead atoms. The van der Waals surface area contributed by atoms with Gasteiger partial charge in [0, 0.05) is 12.2 Å². The van der Waals surface area contributed by atoms with Crippen molar-refractivity contribution in [2.45, 2.75) is 38.3 Å². The fraction of sp³-hybridized carbons (Fsp3) is 0.625. The van der Waals surface area contributed by atoms with E-state index in [1.54, 1.807) is 14.2 Å². The van der Waals surface area contributed by atoms with Gasteiger partial charge in [0.2, 0.25) is 0 Å². The van der Waals surface area contributed by atoms with Crippen LogP contribution >= 0.6 is 11.6 Å². The molecule has 1 aliphatic heterocycles. The molecule has 1 N–H and O–H groups in total. The predicted molar refractivity (Wildman–Crippen MR) is 84.6 cm³/mol. The lowest BCUT2D eigenvalue weighted by molar-refractivity contribution is -0.00830. The van der Waals surface area contributed by atoms with Crippen molar-refractivity contribution in [3.63, 3.8) is 0 Å². The fourth-order valence-corrected chi connectivity index (χ4v) is 3.18. The minimum atomic E-state index is 0.0775. The SMILES string of the molecule is CCNC(c1ccc(OC)c(Cl)c1OC)C1CCCCO1. The van der Waals surface area contributed by atoms with Crippen LogP contribution in [0, 0.1) is 0 Å². The standard InChI is InChI=1S/C16H24ClNO3/c1-4-18-15(13-7-5-6-10-21-13)11-8-9-12(19-2)14(17)16(11)20-3/h8-9,13,15,18H,4-7,10H2,1-3H3. The zero-order valence-electron chi connectivity index (χ0n) is 12.9. The second-order valence-electron chi connectivity index (χ2n) is 5.14. The summed E-state index contributed by atoms with van der Waals surface area (Å²) in [6.45, 7) is 3.77. The van der Waals surface area contributed by atoms with Gasteiger partial charge in [-0.2, -0.15) is 0 Å². The molecule has 118 valence electrons. The van der Waals surface area contributed by atoms with E-state index in [0.29, 0.717) is 16.5 Å². The number of benzene rings is 1. The van der Waals surface area contributed by atoms with Gasteiger partial charge in [-0.05, 0) is 37.9 Å². The number of rotatable bonds is 6. The van der Waals surface area contributed by atoms with Crippen LogP contribution < -0.4 is 14.8 Å². The molecule has 0 amide bonds. The maximum Gasteiger partial charge on any atom is 0.146 e. The predicted octanol–water partition coefficient (Wildman–Crippen LogP) is 3.58.